The summed E-state index contributed by atoms with van der Waals surface area (Å²) < 4.78 is 1.65. The quantitative estimate of drug-likeness (QED) is 0.836. The number of hydrogen-bond acceptors (Lipinski definition) is 5. The summed E-state index contributed by atoms with van der Waals surface area (Å²) in [6.45, 7) is 2.30. The summed E-state index contributed by atoms with van der Waals surface area (Å²) in [5.74, 6) is 1.19. The van der Waals surface area contributed by atoms with Gasteiger partial charge >= 0.3 is 0 Å². The van der Waals surface area contributed by atoms with Gasteiger partial charge in [0, 0.05) is 30.8 Å². The lowest BCUT2D eigenvalue weighted by Crippen LogP contribution is -2.50. The molecule has 6 nitrogen and oxygen atoms in total. The predicted molar refractivity (Wildman–Crippen MR) is 102 cm³/mol. The van der Waals surface area contributed by atoms with E-state index in [9.17, 15) is 10.1 Å². The Kier molecular flexibility index (Phi) is 3.96. The third-order valence-corrected chi connectivity index (χ3v) is 6.11. The molecule has 0 radical (unpaired) electrons. The van der Waals surface area contributed by atoms with E-state index in [2.05, 4.69) is 16.1 Å². The molecule has 1 aliphatic heterocycles. The molecule has 5 rings (SSSR count). The summed E-state index contributed by atoms with van der Waals surface area (Å²) in [7, 11) is 0. The van der Waals surface area contributed by atoms with Crippen LogP contribution in [0.4, 0.5) is 5.82 Å². The molecule has 0 bridgehead atoms. The average molecular weight is 361 g/mol. The van der Waals surface area contributed by atoms with Crippen molar-refractivity contribution in [2.75, 3.05) is 18.0 Å². The van der Waals surface area contributed by atoms with Gasteiger partial charge in [-0.3, -0.25) is 4.79 Å². The SMILES string of the molecule is N#Cc1cc2c(nc1N1CC(Cn3nc4c(cc3=O)CCCC4)C1)CCC2. The highest BCUT2D eigenvalue weighted by molar-refractivity contribution is 5.58. The van der Waals surface area contributed by atoms with Gasteiger partial charge in [0.1, 0.15) is 11.9 Å². The highest BCUT2D eigenvalue weighted by Crippen LogP contribution is 2.31. The third-order valence-electron chi connectivity index (χ3n) is 6.11. The maximum Gasteiger partial charge on any atom is 0.267 e. The van der Waals surface area contributed by atoms with Gasteiger partial charge in [0.15, 0.2) is 0 Å². The van der Waals surface area contributed by atoms with Crippen LogP contribution in [0.15, 0.2) is 16.9 Å². The zero-order chi connectivity index (χ0) is 18.4. The van der Waals surface area contributed by atoms with Crippen LogP contribution in [0.5, 0.6) is 0 Å². The van der Waals surface area contributed by atoms with E-state index in [0.717, 1.165) is 80.8 Å². The minimum Gasteiger partial charge on any atom is -0.355 e. The molecule has 2 aromatic heterocycles. The monoisotopic (exact) mass is 361 g/mol. The van der Waals surface area contributed by atoms with Crippen molar-refractivity contribution in [1.82, 2.24) is 14.8 Å². The predicted octanol–water partition coefficient (Wildman–Crippen LogP) is 2.01. The second-order valence-electron chi connectivity index (χ2n) is 8.05. The molecule has 2 aromatic rings. The van der Waals surface area contributed by atoms with Gasteiger partial charge in [-0.05, 0) is 62.1 Å². The van der Waals surface area contributed by atoms with Gasteiger partial charge in [0.05, 0.1) is 17.8 Å². The minimum absolute atomic E-state index is 0.0162. The highest BCUT2D eigenvalue weighted by atomic mass is 16.1. The van der Waals surface area contributed by atoms with Crippen LogP contribution in [-0.4, -0.2) is 27.9 Å². The Bertz CT molecular complexity index is 997. The van der Waals surface area contributed by atoms with Crippen molar-refractivity contribution in [3.63, 3.8) is 0 Å². The highest BCUT2D eigenvalue weighted by Gasteiger charge is 2.31. The Labute approximate surface area is 158 Å². The smallest absolute Gasteiger partial charge is 0.267 e. The number of nitrogens with zero attached hydrogens (tertiary/aromatic N) is 5. The number of aryl methyl sites for hydroxylation is 4. The van der Waals surface area contributed by atoms with E-state index in [4.69, 9.17) is 4.98 Å². The van der Waals surface area contributed by atoms with E-state index >= 15 is 0 Å². The Morgan fingerprint density at radius 2 is 1.78 bits per heavy atom. The number of rotatable bonds is 3. The lowest BCUT2D eigenvalue weighted by atomic mass is 9.96. The molecule has 0 amide bonds. The van der Waals surface area contributed by atoms with Gasteiger partial charge in [0.2, 0.25) is 0 Å². The Hall–Kier alpha value is -2.68. The molecule has 0 atom stereocenters. The molecule has 6 heteroatoms. The molecule has 27 heavy (non-hydrogen) atoms. The Morgan fingerprint density at radius 1 is 1.04 bits per heavy atom. The van der Waals surface area contributed by atoms with E-state index in [1.807, 2.05) is 6.07 Å². The summed E-state index contributed by atoms with van der Waals surface area (Å²) in [4.78, 5) is 19.3. The normalized spacial score (nSPS) is 18.6. The van der Waals surface area contributed by atoms with Crippen LogP contribution >= 0.6 is 0 Å². The largest absolute Gasteiger partial charge is 0.355 e. The van der Waals surface area contributed by atoms with Gasteiger partial charge in [-0.25, -0.2) is 9.67 Å². The molecular weight excluding hydrogens is 338 g/mol. The van der Waals surface area contributed by atoms with Crippen molar-refractivity contribution in [1.29, 1.82) is 5.26 Å². The van der Waals surface area contributed by atoms with E-state index in [-0.39, 0.29) is 5.56 Å². The second kappa shape index (κ2) is 6.49. The van der Waals surface area contributed by atoms with Crippen LogP contribution in [0.1, 0.15) is 47.3 Å². The molecular formula is C21H23N5O. The van der Waals surface area contributed by atoms with Gasteiger partial charge in [-0.1, -0.05) is 0 Å². The summed E-state index contributed by atoms with van der Waals surface area (Å²) >= 11 is 0. The van der Waals surface area contributed by atoms with Crippen LogP contribution in [0.25, 0.3) is 0 Å². The molecule has 1 fully saturated rings. The second-order valence-corrected chi connectivity index (χ2v) is 8.05. The average Bonchev–Trinajstić information content (AvgIpc) is 3.10. The molecule has 1 saturated heterocycles. The number of hydrogen-bond donors (Lipinski definition) is 0. The van der Waals surface area contributed by atoms with Gasteiger partial charge in [-0.15, -0.1) is 0 Å². The fraction of sp³-hybridized carbons (Fsp3) is 0.524. The molecule has 0 unspecified atom stereocenters. The Morgan fingerprint density at radius 3 is 2.63 bits per heavy atom. The van der Waals surface area contributed by atoms with Crippen molar-refractivity contribution in [3.8, 4) is 6.07 Å². The third kappa shape index (κ3) is 2.91. The van der Waals surface area contributed by atoms with E-state index < -0.39 is 0 Å². The fourth-order valence-electron chi connectivity index (χ4n) is 4.62. The minimum atomic E-state index is 0.0162. The molecule has 138 valence electrons. The van der Waals surface area contributed by atoms with E-state index in [1.54, 1.807) is 10.7 Å². The first kappa shape index (κ1) is 16.5. The Balaban J connectivity index is 1.31. The molecule has 0 aromatic carbocycles. The maximum atomic E-state index is 12.4. The van der Waals surface area contributed by atoms with E-state index in [1.165, 1.54) is 5.56 Å². The number of anilines is 1. The van der Waals surface area contributed by atoms with Crippen molar-refractivity contribution >= 4 is 5.82 Å². The first-order valence-electron chi connectivity index (χ1n) is 9.99. The fourth-order valence-corrected chi connectivity index (χ4v) is 4.62. The van der Waals surface area contributed by atoms with E-state index in [0.29, 0.717) is 18.0 Å². The lowest BCUT2D eigenvalue weighted by molar-refractivity contribution is 0.329. The molecule has 0 N–H and O–H groups in total. The number of fused-ring (bicyclic) bond motifs is 2. The molecule has 0 saturated carbocycles. The number of nitriles is 1. The van der Waals surface area contributed by atoms with Crippen molar-refractivity contribution in [2.45, 2.75) is 51.5 Å². The van der Waals surface area contributed by atoms with Crippen LogP contribution in [-0.2, 0) is 32.2 Å². The van der Waals surface area contributed by atoms with Crippen LogP contribution in [0.3, 0.4) is 0 Å². The van der Waals surface area contributed by atoms with Gasteiger partial charge in [0.25, 0.3) is 5.56 Å². The van der Waals surface area contributed by atoms with Crippen LogP contribution in [0, 0.1) is 17.2 Å². The summed E-state index contributed by atoms with van der Waals surface area (Å²) in [5.41, 5.74) is 5.32. The first-order chi connectivity index (χ1) is 13.2. The molecule has 0 spiro atoms. The topological polar surface area (TPSA) is 74.8 Å². The zero-order valence-electron chi connectivity index (χ0n) is 15.4. The summed E-state index contributed by atoms with van der Waals surface area (Å²) in [6.07, 6.45) is 7.47. The van der Waals surface area contributed by atoms with Crippen molar-refractivity contribution in [3.05, 3.63) is 50.6 Å². The molecule has 2 aliphatic carbocycles. The maximum absolute atomic E-state index is 12.4. The standard InChI is InChI=1S/C21H23N5O/c22-10-17-8-15-5-3-7-18(15)23-21(17)25-11-14(12-25)13-26-20(27)9-16-4-1-2-6-19(16)24-26/h8-9,14H,1-7,11-13H2. The summed E-state index contributed by atoms with van der Waals surface area (Å²) in [5, 5.41) is 14.1. The van der Waals surface area contributed by atoms with Crippen molar-refractivity contribution in [2.24, 2.45) is 5.92 Å². The number of pyridine rings is 1. The number of aromatic nitrogens is 3. The molecule has 3 heterocycles. The van der Waals surface area contributed by atoms with Gasteiger partial charge in [-0.2, -0.15) is 10.4 Å². The summed E-state index contributed by atoms with van der Waals surface area (Å²) in [6, 6.07) is 6.12. The van der Waals surface area contributed by atoms with Crippen LogP contribution in [0.2, 0.25) is 0 Å². The van der Waals surface area contributed by atoms with Gasteiger partial charge < -0.3 is 4.90 Å². The van der Waals surface area contributed by atoms with Crippen LogP contribution < -0.4 is 10.5 Å². The lowest BCUT2D eigenvalue weighted by Gasteiger charge is -2.40. The van der Waals surface area contributed by atoms with Crippen molar-refractivity contribution < 1.29 is 0 Å². The zero-order valence-corrected chi connectivity index (χ0v) is 15.4. The molecule has 3 aliphatic rings. The first-order valence-corrected chi connectivity index (χ1v) is 9.99.